The van der Waals surface area contributed by atoms with Crippen molar-refractivity contribution < 1.29 is 4.74 Å². The van der Waals surface area contributed by atoms with Crippen LogP contribution in [0.3, 0.4) is 0 Å². The van der Waals surface area contributed by atoms with Crippen molar-refractivity contribution in [2.24, 2.45) is 0 Å². The minimum atomic E-state index is 0.473. The molecule has 0 saturated carbocycles. The number of aryl methyl sites for hydroxylation is 1. The van der Waals surface area contributed by atoms with Crippen LogP contribution in [0.4, 0.5) is 0 Å². The maximum absolute atomic E-state index is 4.85. The molecule has 1 rings (SSSR count). The van der Waals surface area contributed by atoms with Gasteiger partial charge in [-0.2, -0.15) is 0 Å². The highest BCUT2D eigenvalue weighted by Crippen LogP contribution is 2.02. The van der Waals surface area contributed by atoms with Gasteiger partial charge in [0.25, 0.3) is 0 Å². The van der Waals surface area contributed by atoms with E-state index in [2.05, 4.69) is 16.5 Å². The Balaban J connectivity index is 2.78. The fourth-order valence-electron chi connectivity index (χ4n) is 0.527. The molecular formula is C7H8N2O. The lowest BCUT2D eigenvalue weighted by Crippen LogP contribution is -1.88. The van der Waals surface area contributed by atoms with Gasteiger partial charge in [0, 0.05) is 0 Å². The van der Waals surface area contributed by atoms with Crippen LogP contribution in [0, 0.1) is 6.92 Å². The number of ether oxygens (including phenoxy) is 1. The van der Waals surface area contributed by atoms with Crippen LogP contribution >= 0.6 is 0 Å². The predicted molar refractivity (Wildman–Crippen MR) is 37.6 cm³/mol. The molecule has 0 radical (unpaired) electrons. The van der Waals surface area contributed by atoms with Crippen molar-refractivity contribution in [2.45, 2.75) is 6.92 Å². The topological polar surface area (TPSA) is 35.0 Å². The Morgan fingerprint density at radius 1 is 1.50 bits per heavy atom. The quantitative estimate of drug-likeness (QED) is 0.575. The number of nitrogens with zero attached hydrogens (tertiary/aromatic N) is 2. The first-order valence-electron chi connectivity index (χ1n) is 2.89. The van der Waals surface area contributed by atoms with Crippen molar-refractivity contribution in [3.63, 3.8) is 0 Å². The van der Waals surface area contributed by atoms with E-state index in [0.717, 1.165) is 5.69 Å². The van der Waals surface area contributed by atoms with E-state index in [1.165, 1.54) is 6.26 Å². The molecule has 0 aliphatic heterocycles. The summed E-state index contributed by atoms with van der Waals surface area (Å²) in [5.41, 5.74) is 0.872. The van der Waals surface area contributed by atoms with Crippen LogP contribution in [-0.4, -0.2) is 9.97 Å². The van der Waals surface area contributed by atoms with Gasteiger partial charge in [-0.1, -0.05) is 6.58 Å². The van der Waals surface area contributed by atoms with Crippen LogP contribution < -0.4 is 4.74 Å². The first-order valence-corrected chi connectivity index (χ1v) is 2.89. The second-order valence-corrected chi connectivity index (χ2v) is 1.78. The zero-order valence-electron chi connectivity index (χ0n) is 5.74. The minimum Gasteiger partial charge on any atom is -0.446 e. The highest BCUT2D eigenvalue weighted by atomic mass is 16.5. The summed E-state index contributed by atoms with van der Waals surface area (Å²) in [5, 5.41) is 0. The number of hydrogen-bond donors (Lipinski definition) is 0. The minimum absolute atomic E-state index is 0.473. The molecule has 0 aliphatic rings. The SMILES string of the molecule is C=COc1cnc(C)cn1. The average Bonchev–Trinajstić information content (AvgIpc) is 1.95. The molecule has 0 N–H and O–H groups in total. The Morgan fingerprint density at radius 3 is 2.80 bits per heavy atom. The van der Waals surface area contributed by atoms with Crippen LogP contribution in [0.5, 0.6) is 5.88 Å². The van der Waals surface area contributed by atoms with E-state index in [1.807, 2.05) is 6.92 Å². The lowest BCUT2D eigenvalue weighted by atomic mass is 10.5. The van der Waals surface area contributed by atoms with Crippen molar-refractivity contribution in [2.75, 3.05) is 0 Å². The van der Waals surface area contributed by atoms with Gasteiger partial charge < -0.3 is 4.74 Å². The summed E-state index contributed by atoms with van der Waals surface area (Å²) in [5.74, 6) is 0.473. The van der Waals surface area contributed by atoms with E-state index in [9.17, 15) is 0 Å². The fourth-order valence-corrected chi connectivity index (χ4v) is 0.527. The Bertz CT molecular complexity index is 218. The fraction of sp³-hybridized carbons (Fsp3) is 0.143. The second kappa shape index (κ2) is 2.96. The maximum atomic E-state index is 4.85. The van der Waals surface area contributed by atoms with Gasteiger partial charge in [-0.25, -0.2) is 4.98 Å². The first-order chi connectivity index (χ1) is 4.83. The van der Waals surface area contributed by atoms with Crippen molar-refractivity contribution in [3.05, 3.63) is 30.9 Å². The van der Waals surface area contributed by atoms with E-state index in [0.29, 0.717) is 5.88 Å². The number of aromatic nitrogens is 2. The van der Waals surface area contributed by atoms with Gasteiger partial charge in [0.15, 0.2) is 0 Å². The van der Waals surface area contributed by atoms with Gasteiger partial charge in [0.1, 0.15) is 0 Å². The van der Waals surface area contributed by atoms with Gasteiger partial charge in [-0.05, 0) is 6.92 Å². The van der Waals surface area contributed by atoms with Crippen LogP contribution in [0.15, 0.2) is 25.2 Å². The van der Waals surface area contributed by atoms with Gasteiger partial charge in [0.05, 0.1) is 24.3 Å². The summed E-state index contributed by atoms with van der Waals surface area (Å²) in [6, 6.07) is 0. The zero-order chi connectivity index (χ0) is 7.40. The molecule has 1 aromatic rings. The standard InChI is InChI=1S/C7H8N2O/c1-3-10-7-5-8-6(2)4-9-7/h3-5H,1H2,2H3. The van der Waals surface area contributed by atoms with Gasteiger partial charge >= 0.3 is 0 Å². The number of hydrogen-bond acceptors (Lipinski definition) is 3. The third kappa shape index (κ3) is 1.55. The highest BCUT2D eigenvalue weighted by molar-refractivity contribution is 5.06. The molecule has 0 fully saturated rings. The average molecular weight is 136 g/mol. The van der Waals surface area contributed by atoms with Crippen molar-refractivity contribution in [1.82, 2.24) is 9.97 Å². The van der Waals surface area contributed by atoms with E-state index < -0.39 is 0 Å². The molecule has 3 heteroatoms. The smallest absolute Gasteiger partial charge is 0.237 e. The Labute approximate surface area is 59.4 Å². The lowest BCUT2D eigenvalue weighted by Gasteiger charge is -1.95. The largest absolute Gasteiger partial charge is 0.446 e. The summed E-state index contributed by atoms with van der Waals surface area (Å²) in [6.07, 6.45) is 4.51. The molecule has 0 aliphatic carbocycles. The molecule has 0 amide bonds. The Morgan fingerprint density at radius 2 is 2.30 bits per heavy atom. The molecule has 0 bridgehead atoms. The molecule has 1 heterocycles. The highest BCUT2D eigenvalue weighted by Gasteiger charge is 1.90. The number of rotatable bonds is 2. The Hall–Kier alpha value is -1.38. The molecule has 0 spiro atoms. The van der Waals surface area contributed by atoms with Crippen LogP contribution in [-0.2, 0) is 0 Å². The zero-order valence-corrected chi connectivity index (χ0v) is 5.74. The summed E-state index contributed by atoms with van der Waals surface area (Å²) < 4.78 is 4.85. The lowest BCUT2D eigenvalue weighted by molar-refractivity contribution is 0.460. The monoisotopic (exact) mass is 136 g/mol. The molecule has 10 heavy (non-hydrogen) atoms. The second-order valence-electron chi connectivity index (χ2n) is 1.78. The van der Waals surface area contributed by atoms with E-state index in [4.69, 9.17) is 4.74 Å². The molecule has 0 unspecified atom stereocenters. The first kappa shape index (κ1) is 6.74. The molecule has 3 nitrogen and oxygen atoms in total. The summed E-state index contributed by atoms with van der Waals surface area (Å²) in [4.78, 5) is 7.87. The normalized spacial score (nSPS) is 8.90. The maximum Gasteiger partial charge on any atom is 0.237 e. The van der Waals surface area contributed by atoms with Crippen LogP contribution in [0.25, 0.3) is 0 Å². The van der Waals surface area contributed by atoms with Gasteiger partial charge in [-0.3, -0.25) is 4.98 Å². The van der Waals surface area contributed by atoms with Crippen molar-refractivity contribution in [1.29, 1.82) is 0 Å². The van der Waals surface area contributed by atoms with Gasteiger partial charge in [0.2, 0.25) is 5.88 Å². The molecule has 0 atom stereocenters. The van der Waals surface area contributed by atoms with Gasteiger partial charge in [-0.15, -0.1) is 0 Å². The van der Waals surface area contributed by atoms with Crippen LogP contribution in [0.1, 0.15) is 5.69 Å². The summed E-state index contributed by atoms with van der Waals surface area (Å²) in [7, 11) is 0. The van der Waals surface area contributed by atoms with E-state index >= 15 is 0 Å². The third-order valence-electron chi connectivity index (χ3n) is 0.961. The Kier molecular flexibility index (Phi) is 1.99. The third-order valence-corrected chi connectivity index (χ3v) is 0.961. The summed E-state index contributed by atoms with van der Waals surface area (Å²) >= 11 is 0. The molecular weight excluding hydrogens is 128 g/mol. The van der Waals surface area contributed by atoms with E-state index in [1.54, 1.807) is 12.4 Å². The molecule has 1 aromatic heterocycles. The molecule has 52 valence electrons. The summed E-state index contributed by atoms with van der Waals surface area (Å²) in [6.45, 7) is 5.25. The molecule has 0 aromatic carbocycles. The van der Waals surface area contributed by atoms with Crippen molar-refractivity contribution >= 4 is 0 Å². The van der Waals surface area contributed by atoms with E-state index in [-0.39, 0.29) is 0 Å². The van der Waals surface area contributed by atoms with Crippen molar-refractivity contribution in [3.8, 4) is 5.88 Å². The predicted octanol–water partition coefficient (Wildman–Crippen LogP) is 1.31. The molecule has 0 saturated heterocycles. The van der Waals surface area contributed by atoms with Crippen LogP contribution in [0.2, 0.25) is 0 Å².